The van der Waals surface area contributed by atoms with Crippen molar-refractivity contribution >= 4 is 34.4 Å². The second-order valence-electron chi connectivity index (χ2n) is 5.43. The van der Waals surface area contributed by atoms with E-state index in [9.17, 15) is 9.59 Å². The first kappa shape index (κ1) is 16.3. The van der Waals surface area contributed by atoms with Crippen LogP contribution in [-0.4, -0.2) is 26.6 Å². The molecule has 24 heavy (non-hydrogen) atoms. The molecular formula is C17H18N4O2S. The number of anilines is 1. The number of hydrogen-bond acceptors (Lipinski definition) is 4. The van der Waals surface area contributed by atoms with E-state index >= 15 is 0 Å². The molecule has 6 nitrogen and oxygen atoms in total. The molecule has 2 aromatic heterocycles. The van der Waals surface area contributed by atoms with Crippen LogP contribution in [0.5, 0.6) is 0 Å². The summed E-state index contributed by atoms with van der Waals surface area (Å²) in [5.74, 6) is 0.0458. The van der Waals surface area contributed by atoms with Crippen molar-refractivity contribution in [1.82, 2.24) is 15.0 Å². The lowest BCUT2D eigenvalue weighted by molar-refractivity contribution is -0.113. The highest BCUT2D eigenvalue weighted by Gasteiger charge is 2.10. The van der Waals surface area contributed by atoms with E-state index in [0.29, 0.717) is 16.2 Å². The maximum absolute atomic E-state index is 12.1. The predicted molar refractivity (Wildman–Crippen MR) is 96.6 cm³/mol. The zero-order valence-corrected chi connectivity index (χ0v) is 14.3. The number of fused-ring (bicyclic) bond motifs is 1. The summed E-state index contributed by atoms with van der Waals surface area (Å²) in [5, 5.41) is 3.34. The van der Waals surface area contributed by atoms with Gasteiger partial charge in [-0.2, -0.15) is 0 Å². The summed E-state index contributed by atoms with van der Waals surface area (Å²) in [6.07, 6.45) is 0.849. The number of carbonyl (C=O) groups is 1. The lowest BCUT2D eigenvalue weighted by Gasteiger charge is -2.09. The van der Waals surface area contributed by atoms with Crippen LogP contribution in [0.25, 0.3) is 11.0 Å². The number of aromatic amines is 2. The molecule has 1 aromatic carbocycles. The van der Waals surface area contributed by atoms with Gasteiger partial charge in [-0.25, -0.2) is 4.98 Å². The van der Waals surface area contributed by atoms with Crippen molar-refractivity contribution in [2.24, 2.45) is 0 Å². The SMILES string of the molecule is CCc1ccccc1NC(=O)CSc1nc2cc(C)[nH]c2c(=O)[nH]1. The van der Waals surface area contributed by atoms with Gasteiger partial charge in [0, 0.05) is 11.4 Å². The van der Waals surface area contributed by atoms with E-state index in [1.807, 2.05) is 44.2 Å². The number of hydrogen-bond donors (Lipinski definition) is 3. The van der Waals surface area contributed by atoms with Crippen LogP contribution in [0.15, 0.2) is 40.3 Å². The molecule has 0 unspecified atom stereocenters. The van der Waals surface area contributed by atoms with Gasteiger partial charge in [-0.3, -0.25) is 14.6 Å². The predicted octanol–water partition coefficient (Wildman–Crippen LogP) is 2.85. The van der Waals surface area contributed by atoms with Gasteiger partial charge in [-0.1, -0.05) is 36.9 Å². The third kappa shape index (κ3) is 3.51. The molecular weight excluding hydrogens is 324 g/mol. The fourth-order valence-corrected chi connectivity index (χ4v) is 3.14. The molecule has 124 valence electrons. The average Bonchev–Trinajstić information content (AvgIpc) is 2.94. The number of rotatable bonds is 5. The molecule has 0 aliphatic carbocycles. The van der Waals surface area contributed by atoms with Crippen molar-refractivity contribution in [2.45, 2.75) is 25.4 Å². The molecule has 3 N–H and O–H groups in total. The van der Waals surface area contributed by atoms with Crippen LogP contribution in [0, 0.1) is 6.92 Å². The van der Waals surface area contributed by atoms with Crippen molar-refractivity contribution in [2.75, 3.05) is 11.1 Å². The van der Waals surface area contributed by atoms with E-state index in [0.717, 1.165) is 23.4 Å². The molecule has 0 aliphatic heterocycles. The van der Waals surface area contributed by atoms with Crippen molar-refractivity contribution in [3.05, 3.63) is 51.9 Å². The first-order valence-electron chi connectivity index (χ1n) is 7.67. The van der Waals surface area contributed by atoms with Gasteiger partial charge < -0.3 is 10.3 Å². The Morgan fingerprint density at radius 1 is 1.29 bits per heavy atom. The third-order valence-corrected chi connectivity index (χ3v) is 4.49. The van der Waals surface area contributed by atoms with Gasteiger partial charge in [0.05, 0.1) is 11.3 Å². The van der Waals surface area contributed by atoms with Crippen molar-refractivity contribution in [3.8, 4) is 0 Å². The van der Waals surface area contributed by atoms with Gasteiger partial charge in [-0.05, 0) is 31.0 Å². The van der Waals surface area contributed by atoms with E-state index < -0.39 is 0 Å². The van der Waals surface area contributed by atoms with Gasteiger partial charge in [0.2, 0.25) is 5.91 Å². The van der Waals surface area contributed by atoms with E-state index in [1.54, 1.807) is 0 Å². The summed E-state index contributed by atoms with van der Waals surface area (Å²) in [6.45, 7) is 3.91. The molecule has 0 radical (unpaired) electrons. The zero-order chi connectivity index (χ0) is 17.1. The van der Waals surface area contributed by atoms with E-state index in [1.165, 1.54) is 11.8 Å². The van der Waals surface area contributed by atoms with Crippen LogP contribution in [0.2, 0.25) is 0 Å². The highest BCUT2D eigenvalue weighted by atomic mass is 32.2. The number of nitrogens with zero attached hydrogens (tertiary/aromatic N) is 1. The highest BCUT2D eigenvalue weighted by Crippen LogP contribution is 2.18. The molecule has 7 heteroatoms. The summed E-state index contributed by atoms with van der Waals surface area (Å²) in [7, 11) is 0. The van der Waals surface area contributed by atoms with Crippen LogP contribution < -0.4 is 10.9 Å². The summed E-state index contributed by atoms with van der Waals surface area (Å²) in [6, 6.07) is 9.53. The maximum atomic E-state index is 12.1. The van der Waals surface area contributed by atoms with E-state index in [-0.39, 0.29) is 17.2 Å². The summed E-state index contributed by atoms with van der Waals surface area (Å²) in [5.41, 5.74) is 3.62. The Bertz CT molecular complexity index is 945. The minimum atomic E-state index is -0.229. The Hall–Kier alpha value is -2.54. The lowest BCUT2D eigenvalue weighted by atomic mass is 10.1. The lowest BCUT2D eigenvalue weighted by Crippen LogP contribution is -2.16. The van der Waals surface area contributed by atoms with Gasteiger partial charge >= 0.3 is 0 Å². The summed E-state index contributed by atoms with van der Waals surface area (Å²) < 4.78 is 0. The van der Waals surface area contributed by atoms with Crippen LogP contribution in [0.1, 0.15) is 18.2 Å². The zero-order valence-electron chi connectivity index (χ0n) is 13.5. The summed E-state index contributed by atoms with van der Waals surface area (Å²) >= 11 is 1.21. The van der Waals surface area contributed by atoms with Crippen LogP contribution >= 0.6 is 11.8 Å². The molecule has 3 aromatic rings. The third-order valence-electron chi connectivity index (χ3n) is 3.61. The number of aromatic nitrogens is 3. The number of amides is 1. The molecule has 1 amide bonds. The first-order valence-corrected chi connectivity index (χ1v) is 8.65. The topological polar surface area (TPSA) is 90.6 Å². The van der Waals surface area contributed by atoms with Crippen molar-refractivity contribution in [3.63, 3.8) is 0 Å². The number of aryl methyl sites for hydroxylation is 2. The monoisotopic (exact) mass is 342 g/mol. The summed E-state index contributed by atoms with van der Waals surface area (Å²) in [4.78, 5) is 34.2. The van der Waals surface area contributed by atoms with E-state index in [2.05, 4.69) is 20.3 Å². The Labute approximate surface area is 143 Å². The Kier molecular flexibility index (Phi) is 4.71. The van der Waals surface area contributed by atoms with Crippen LogP contribution in [0.3, 0.4) is 0 Å². The highest BCUT2D eigenvalue weighted by molar-refractivity contribution is 7.99. The Morgan fingerprint density at radius 3 is 2.88 bits per heavy atom. The Balaban J connectivity index is 1.69. The van der Waals surface area contributed by atoms with Gasteiger partial charge in [-0.15, -0.1) is 0 Å². The van der Waals surface area contributed by atoms with Crippen LogP contribution in [0.4, 0.5) is 5.69 Å². The van der Waals surface area contributed by atoms with Crippen LogP contribution in [-0.2, 0) is 11.2 Å². The number of para-hydroxylation sites is 1. The first-order chi connectivity index (χ1) is 11.6. The number of benzene rings is 1. The molecule has 0 aliphatic rings. The number of H-pyrrole nitrogens is 2. The molecule has 0 atom stereocenters. The number of thioether (sulfide) groups is 1. The second-order valence-corrected chi connectivity index (χ2v) is 6.40. The molecule has 0 fully saturated rings. The quantitative estimate of drug-likeness (QED) is 0.491. The molecule has 0 saturated carbocycles. The standard InChI is InChI=1S/C17H18N4O2S/c1-3-11-6-4-5-7-12(11)19-14(22)9-24-17-20-13-8-10(2)18-15(13)16(23)21-17/h4-8,18H,3,9H2,1-2H3,(H,19,22)(H,20,21,23). The van der Waals surface area contributed by atoms with Gasteiger partial charge in [0.15, 0.2) is 5.16 Å². The largest absolute Gasteiger partial charge is 0.353 e. The van der Waals surface area contributed by atoms with Crippen molar-refractivity contribution in [1.29, 1.82) is 0 Å². The van der Waals surface area contributed by atoms with Crippen molar-refractivity contribution < 1.29 is 4.79 Å². The Morgan fingerprint density at radius 2 is 2.08 bits per heavy atom. The fraction of sp³-hybridized carbons (Fsp3) is 0.235. The smallest absolute Gasteiger partial charge is 0.275 e. The molecule has 3 rings (SSSR count). The molecule has 2 heterocycles. The normalized spacial score (nSPS) is 10.9. The second kappa shape index (κ2) is 6.92. The minimum Gasteiger partial charge on any atom is -0.353 e. The maximum Gasteiger partial charge on any atom is 0.275 e. The fourth-order valence-electron chi connectivity index (χ4n) is 2.47. The van der Waals surface area contributed by atoms with E-state index in [4.69, 9.17) is 0 Å². The minimum absolute atomic E-state index is 0.131. The van der Waals surface area contributed by atoms with Gasteiger partial charge in [0.1, 0.15) is 5.52 Å². The average molecular weight is 342 g/mol. The number of nitrogens with one attached hydrogen (secondary N) is 3. The molecule has 0 spiro atoms. The molecule has 0 saturated heterocycles. The van der Waals surface area contributed by atoms with Gasteiger partial charge in [0.25, 0.3) is 5.56 Å². The molecule has 0 bridgehead atoms. The number of carbonyl (C=O) groups excluding carboxylic acids is 1.